The molecule has 0 aliphatic rings. The quantitative estimate of drug-likeness (QED) is 0.893. The van der Waals surface area contributed by atoms with Crippen molar-refractivity contribution in [3.05, 3.63) is 27.7 Å². The number of amides is 1. The zero-order valence-electron chi connectivity index (χ0n) is 8.43. The van der Waals surface area contributed by atoms with E-state index in [-0.39, 0.29) is 12.5 Å². The summed E-state index contributed by atoms with van der Waals surface area (Å²) in [5.41, 5.74) is 1.29. The molecule has 0 aromatic heterocycles. The van der Waals surface area contributed by atoms with Crippen LogP contribution in [0.3, 0.4) is 0 Å². The van der Waals surface area contributed by atoms with E-state index in [1.807, 2.05) is 6.92 Å². The van der Waals surface area contributed by atoms with Gasteiger partial charge in [0, 0.05) is 7.11 Å². The fraction of sp³-hybridized carbons (Fsp3) is 0.300. The molecular weight excluding hydrogens is 237 g/mol. The van der Waals surface area contributed by atoms with Gasteiger partial charge in [0.2, 0.25) is 5.91 Å². The third-order valence-electron chi connectivity index (χ3n) is 1.82. The number of halogens is 2. The van der Waals surface area contributed by atoms with E-state index in [0.29, 0.717) is 15.7 Å². The molecule has 0 radical (unpaired) electrons. The number of anilines is 1. The zero-order chi connectivity index (χ0) is 11.4. The maximum absolute atomic E-state index is 11.3. The van der Waals surface area contributed by atoms with Crippen LogP contribution in [0, 0.1) is 6.92 Å². The lowest BCUT2D eigenvalue weighted by atomic mass is 10.2. The highest BCUT2D eigenvalue weighted by Crippen LogP contribution is 2.32. The van der Waals surface area contributed by atoms with Crippen LogP contribution in [0.15, 0.2) is 12.1 Å². The predicted molar refractivity (Wildman–Crippen MR) is 61.7 cm³/mol. The molecule has 1 amide bonds. The van der Waals surface area contributed by atoms with Crippen LogP contribution in [-0.2, 0) is 9.53 Å². The van der Waals surface area contributed by atoms with Crippen molar-refractivity contribution in [2.45, 2.75) is 6.92 Å². The molecule has 15 heavy (non-hydrogen) atoms. The first-order valence-electron chi connectivity index (χ1n) is 4.29. The van der Waals surface area contributed by atoms with Crippen LogP contribution in [0.5, 0.6) is 0 Å². The van der Waals surface area contributed by atoms with Crippen molar-refractivity contribution >= 4 is 34.8 Å². The van der Waals surface area contributed by atoms with Crippen molar-refractivity contribution in [1.82, 2.24) is 0 Å². The third-order valence-corrected chi connectivity index (χ3v) is 2.63. The molecule has 0 aliphatic heterocycles. The van der Waals surface area contributed by atoms with Gasteiger partial charge in [-0.3, -0.25) is 4.79 Å². The molecule has 0 heterocycles. The molecule has 1 aromatic carbocycles. The van der Waals surface area contributed by atoms with Crippen LogP contribution < -0.4 is 5.32 Å². The first kappa shape index (κ1) is 12.3. The highest BCUT2D eigenvalue weighted by molar-refractivity contribution is 6.40. The van der Waals surface area contributed by atoms with Gasteiger partial charge in [-0.25, -0.2) is 0 Å². The second kappa shape index (κ2) is 5.35. The molecule has 0 bridgehead atoms. The van der Waals surface area contributed by atoms with Crippen LogP contribution in [0.1, 0.15) is 5.56 Å². The third kappa shape index (κ3) is 3.09. The van der Waals surface area contributed by atoms with E-state index >= 15 is 0 Å². The second-order valence-corrected chi connectivity index (χ2v) is 3.82. The van der Waals surface area contributed by atoms with Gasteiger partial charge in [-0.1, -0.05) is 29.3 Å². The van der Waals surface area contributed by atoms with Crippen molar-refractivity contribution in [3.8, 4) is 0 Å². The first-order chi connectivity index (χ1) is 7.06. The Kier molecular flexibility index (Phi) is 4.39. The van der Waals surface area contributed by atoms with E-state index in [1.165, 1.54) is 7.11 Å². The first-order valence-corrected chi connectivity index (χ1v) is 5.05. The lowest BCUT2D eigenvalue weighted by Crippen LogP contribution is -2.17. The normalized spacial score (nSPS) is 10.1. The number of rotatable bonds is 3. The zero-order valence-corrected chi connectivity index (χ0v) is 9.95. The molecule has 0 saturated carbocycles. The summed E-state index contributed by atoms with van der Waals surface area (Å²) in [6.45, 7) is 1.81. The van der Waals surface area contributed by atoms with Gasteiger partial charge in [-0.2, -0.15) is 0 Å². The maximum Gasteiger partial charge on any atom is 0.250 e. The van der Waals surface area contributed by atoms with Gasteiger partial charge in [-0.05, 0) is 18.6 Å². The highest BCUT2D eigenvalue weighted by Gasteiger charge is 2.11. The van der Waals surface area contributed by atoms with Gasteiger partial charge in [-0.15, -0.1) is 0 Å². The number of methoxy groups -OCH3 is 1. The van der Waals surface area contributed by atoms with Crippen molar-refractivity contribution in [2.24, 2.45) is 0 Å². The van der Waals surface area contributed by atoms with Crippen molar-refractivity contribution in [3.63, 3.8) is 0 Å². The summed E-state index contributed by atoms with van der Waals surface area (Å²) in [4.78, 5) is 11.3. The summed E-state index contributed by atoms with van der Waals surface area (Å²) >= 11 is 11.9. The Morgan fingerprint density at radius 3 is 2.73 bits per heavy atom. The number of carbonyl (C=O) groups is 1. The molecule has 1 rings (SSSR count). The Morgan fingerprint density at radius 1 is 1.47 bits per heavy atom. The van der Waals surface area contributed by atoms with Crippen molar-refractivity contribution in [1.29, 1.82) is 0 Å². The molecule has 0 fully saturated rings. The average Bonchev–Trinajstić information content (AvgIpc) is 2.19. The monoisotopic (exact) mass is 247 g/mol. The number of benzene rings is 1. The molecule has 0 aliphatic carbocycles. The molecule has 0 atom stereocenters. The van der Waals surface area contributed by atoms with E-state index < -0.39 is 0 Å². The van der Waals surface area contributed by atoms with E-state index in [9.17, 15) is 4.79 Å². The van der Waals surface area contributed by atoms with Gasteiger partial charge in [0.05, 0.1) is 15.7 Å². The minimum absolute atomic E-state index is 0.0272. The van der Waals surface area contributed by atoms with Gasteiger partial charge in [0.25, 0.3) is 0 Å². The largest absolute Gasteiger partial charge is 0.375 e. The van der Waals surface area contributed by atoms with Gasteiger partial charge in [0.15, 0.2) is 0 Å². The summed E-state index contributed by atoms with van der Waals surface area (Å²) in [6, 6.07) is 3.47. The number of aryl methyl sites for hydroxylation is 1. The molecule has 82 valence electrons. The van der Waals surface area contributed by atoms with Gasteiger partial charge < -0.3 is 10.1 Å². The Bertz CT molecular complexity index is 380. The van der Waals surface area contributed by atoms with Crippen molar-refractivity contribution in [2.75, 3.05) is 19.0 Å². The number of ether oxygens (including phenoxy) is 1. The number of hydrogen-bond acceptors (Lipinski definition) is 2. The maximum atomic E-state index is 11.3. The molecule has 0 spiro atoms. The molecule has 0 saturated heterocycles. The van der Waals surface area contributed by atoms with Crippen LogP contribution in [0.25, 0.3) is 0 Å². The molecule has 0 unspecified atom stereocenters. The second-order valence-electron chi connectivity index (χ2n) is 3.03. The average molecular weight is 248 g/mol. The number of carbonyl (C=O) groups excluding carboxylic acids is 1. The summed E-state index contributed by atoms with van der Waals surface area (Å²) in [5, 5.41) is 3.46. The molecule has 3 nitrogen and oxygen atoms in total. The SMILES string of the molecule is COCC(=O)Nc1c(Cl)ccc(C)c1Cl. The minimum Gasteiger partial charge on any atom is -0.375 e. The molecule has 1 aromatic rings. The fourth-order valence-electron chi connectivity index (χ4n) is 1.08. The minimum atomic E-state index is -0.285. The highest BCUT2D eigenvalue weighted by atomic mass is 35.5. The van der Waals surface area contributed by atoms with E-state index in [4.69, 9.17) is 23.2 Å². The number of nitrogens with one attached hydrogen (secondary N) is 1. The molecule has 1 N–H and O–H groups in total. The lowest BCUT2D eigenvalue weighted by molar-refractivity contribution is -0.119. The summed E-state index contributed by atoms with van der Waals surface area (Å²) < 4.78 is 4.69. The van der Waals surface area contributed by atoms with Crippen LogP contribution >= 0.6 is 23.2 Å². The standard InChI is InChI=1S/C10H11Cl2NO2/c1-6-3-4-7(11)10(9(6)12)13-8(14)5-15-2/h3-4H,5H2,1-2H3,(H,13,14). The summed E-state index contributed by atoms with van der Waals surface area (Å²) in [6.07, 6.45) is 0. The Balaban J connectivity index is 2.93. The predicted octanol–water partition coefficient (Wildman–Crippen LogP) is 2.89. The Morgan fingerprint density at radius 2 is 2.13 bits per heavy atom. The lowest BCUT2D eigenvalue weighted by Gasteiger charge is -2.10. The Labute approximate surface area is 98.3 Å². The van der Waals surface area contributed by atoms with Gasteiger partial charge in [0.1, 0.15) is 6.61 Å². The van der Waals surface area contributed by atoms with Crippen molar-refractivity contribution < 1.29 is 9.53 Å². The fourth-order valence-corrected chi connectivity index (χ4v) is 1.54. The van der Waals surface area contributed by atoms with Crippen LogP contribution in [-0.4, -0.2) is 19.6 Å². The van der Waals surface area contributed by atoms with Crippen LogP contribution in [0.4, 0.5) is 5.69 Å². The van der Waals surface area contributed by atoms with Gasteiger partial charge >= 0.3 is 0 Å². The molecular formula is C10H11Cl2NO2. The number of hydrogen-bond donors (Lipinski definition) is 1. The van der Waals surface area contributed by atoms with Crippen LogP contribution in [0.2, 0.25) is 10.0 Å². The summed E-state index contributed by atoms with van der Waals surface area (Å²) in [5.74, 6) is -0.285. The summed E-state index contributed by atoms with van der Waals surface area (Å²) in [7, 11) is 1.44. The Hall–Kier alpha value is -0.770. The molecule has 5 heteroatoms. The van der Waals surface area contributed by atoms with E-state index in [1.54, 1.807) is 12.1 Å². The van der Waals surface area contributed by atoms with E-state index in [2.05, 4.69) is 10.1 Å². The smallest absolute Gasteiger partial charge is 0.250 e. The topological polar surface area (TPSA) is 38.3 Å². The van der Waals surface area contributed by atoms with E-state index in [0.717, 1.165) is 5.56 Å².